The highest BCUT2D eigenvalue weighted by Crippen LogP contribution is 2.27. The molecule has 3 aromatic rings. The first kappa shape index (κ1) is 20.7. The third-order valence-corrected chi connectivity index (χ3v) is 6.09. The summed E-state index contributed by atoms with van der Waals surface area (Å²) in [6, 6.07) is 6.31. The molecule has 0 radical (unpaired) electrons. The number of nitro groups is 1. The molecule has 0 atom stereocenters. The van der Waals surface area contributed by atoms with Crippen molar-refractivity contribution < 1.29 is 9.72 Å². The predicted octanol–water partition coefficient (Wildman–Crippen LogP) is 2.53. The van der Waals surface area contributed by atoms with Crippen LogP contribution in [0.3, 0.4) is 0 Å². The highest BCUT2D eigenvalue weighted by atomic mass is 16.6. The molecule has 1 amide bonds. The second-order valence-corrected chi connectivity index (χ2v) is 8.14. The highest BCUT2D eigenvalue weighted by molar-refractivity contribution is 5.78. The number of amides is 1. The number of hydrogen-bond acceptors (Lipinski definition) is 6. The first-order valence-corrected chi connectivity index (χ1v) is 10.3. The maximum Gasteiger partial charge on any atom is 0.294 e. The fourth-order valence-electron chi connectivity index (χ4n) is 4.13. The Labute approximate surface area is 178 Å². The second-order valence-electron chi connectivity index (χ2n) is 8.14. The molecule has 2 aromatic heterocycles. The minimum Gasteiger partial charge on any atom is -0.341 e. The van der Waals surface area contributed by atoms with Crippen molar-refractivity contribution in [2.75, 3.05) is 7.05 Å². The summed E-state index contributed by atoms with van der Waals surface area (Å²) in [6.07, 6.45) is 6.76. The lowest BCUT2D eigenvalue weighted by molar-refractivity contribution is -0.384. The van der Waals surface area contributed by atoms with Crippen LogP contribution in [0.25, 0.3) is 16.7 Å². The molecule has 10 heteroatoms. The Morgan fingerprint density at radius 3 is 2.68 bits per heavy atom. The van der Waals surface area contributed by atoms with Gasteiger partial charge in [-0.2, -0.15) is 5.10 Å². The van der Waals surface area contributed by atoms with Crippen molar-refractivity contribution in [3.05, 3.63) is 57.3 Å². The average molecular weight is 424 g/mol. The van der Waals surface area contributed by atoms with Gasteiger partial charge in [-0.05, 0) is 37.7 Å². The topological polar surface area (TPSA) is 116 Å². The van der Waals surface area contributed by atoms with E-state index in [9.17, 15) is 19.7 Å². The Kier molecular flexibility index (Phi) is 5.53. The summed E-state index contributed by atoms with van der Waals surface area (Å²) < 4.78 is 2.54. The van der Waals surface area contributed by atoms with E-state index in [0.717, 1.165) is 25.7 Å². The van der Waals surface area contributed by atoms with Gasteiger partial charge in [0.2, 0.25) is 5.91 Å². The van der Waals surface area contributed by atoms with Crippen LogP contribution in [0.15, 0.2) is 41.6 Å². The number of rotatable bonds is 5. The Morgan fingerprint density at radius 2 is 1.97 bits per heavy atom. The molecule has 1 aliphatic carbocycles. The molecule has 0 unspecified atom stereocenters. The van der Waals surface area contributed by atoms with Crippen molar-refractivity contribution >= 4 is 22.6 Å². The molecule has 4 rings (SSSR count). The average Bonchev–Trinajstić information content (AvgIpc) is 3.20. The SMILES string of the molecule is CC1CCC(N(C)C(=O)Cn2cnc3c(cnn3-c3ccccc3[N+](=O)[O-])c2=O)CC1. The maximum atomic E-state index is 12.9. The summed E-state index contributed by atoms with van der Waals surface area (Å²) in [5.41, 5.74) is -0.127. The molecular weight excluding hydrogens is 400 g/mol. The lowest BCUT2D eigenvalue weighted by atomic mass is 9.87. The zero-order chi connectivity index (χ0) is 22.1. The molecular formula is C21H24N6O4. The van der Waals surface area contributed by atoms with Gasteiger partial charge in [-0.1, -0.05) is 19.1 Å². The monoisotopic (exact) mass is 424 g/mol. The van der Waals surface area contributed by atoms with Crippen LogP contribution in [0.5, 0.6) is 0 Å². The number of likely N-dealkylation sites (N-methyl/N-ethyl adjacent to an activating group) is 1. The standard InChI is InChI=1S/C21H24N6O4/c1-14-7-9-15(10-8-14)24(2)19(28)12-25-13-22-20-16(21(25)29)11-23-26(20)17-5-3-4-6-18(17)27(30)31/h3-6,11,13-15H,7-10,12H2,1-2H3. The van der Waals surface area contributed by atoms with Crippen molar-refractivity contribution in [3.63, 3.8) is 0 Å². The normalized spacial score (nSPS) is 18.8. The molecule has 0 saturated heterocycles. The van der Waals surface area contributed by atoms with E-state index >= 15 is 0 Å². The molecule has 1 aliphatic rings. The van der Waals surface area contributed by atoms with Crippen LogP contribution >= 0.6 is 0 Å². The number of fused-ring (bicyclic) bond motifs is 1. The van der Waals surface area contributed by atoms with Crippen molar-refractivity contribution in [3.8, 4) is 5.69 Å². The zero-order valence-electron chi connectivity index (χ0n) is 17.5. The fraction of sp³-hybridized carbons (Fsp3) is 0.429. The molecule has 1 aromatic carbocycles. The van der Waals surface area contributed by atoms with E-state index < -0.39 is 10.5 Å². The number of nitro benzene ring substituents is 1. The third kappa shape index (κ3) is 3.92. The molecule has 2 heterocycles. The van der Waals surface area contributed by atoms with Gasteiger partial charge >= 0.3 is 0 Å². The van der Waals surface area contributed by atoms with Gasteiger partial charge in [-0.3, -0.25) is 24.3 Å². The van der Waals surface area contributed by atoms with E-state index in [1.54, 1.807) is 30.1 Å². The lowest BCUT2D eigenvalue weighted by Crippen LogP contribution is -2.42. The van der Waals surface area contributed by atoms with Gasteiger partial charge < -0.3 is 4.90 Å². The Morgan fingerprint density at radius 1 is 1.26 bits per heavy atom. The van der Waals surface area contributed by atoms with Crippen LogP contribution < -0.4 is 5.56 Å². The van der Waals surface area contributed by atoms with Crippen molar-refractivity contribution in [1.82, 2.24) is 24.2 Å². The van der Waals surface area contributed by atoms with Gasteiger partial charge in [0.1, 0.15) is 23.9 Å². The Hall–Kier alpha value is -3.56. The van der Waals surface area contributed by atoms with Crippen molar-refractivity contribution in [1.29, 1.82) is 0 Å². The van der Waals surface area contributed by atoms with Crippen molar-refractivity contribution in [2.45, 2.75) is 45.2 Å². The molecule has 10 nitrogen and oxygen atoms in total. The van der Waals surface area contributed by atoms with Crippen LogP contribution in [-0.2, 0) is 11.3 Å². The Bertz CT molecular complexity index is 1190. The largest absolute Gasteiger partial charge is 0.341 e. The molecule has 0 N–H and O–H groups in total. The first-order valence-electron chi connectivity index (χ1n) is 10.3. The van der Waals surface area contributed by atoms with Crippen LogP contribution in [0.2, 0.25) is 0 Å². The molecule has 162 valence electrons. The summed E-state index contributed by atoms with van der Waals surface area (Å²) >= 11 is 0. The molecule has 1 saturated carbocycles. The highest BCUT2D eigenvalue weighted by Gasteiger charge is 2.25. The maximum absolute atomic E-state index is 12.9. The van der Waals surface area contributed by atoms with Gasteiger partial charge in [-0.25, -0.2) is 9.67 Å². The van der Waals surface area contributed by atoms with E-state index in [0.29, 0.717) is 5.92 Å². The number of para-hydroxylation sites is 2. The summed E-state index contributed by atoms with van der Waals surface area (Å²) in [6.45, 7) is 2.11. The molecule has 0 bridgehead atoms. The number of aromatic nitrogens is 4. The van der Waals surface area contributed by atoms with Gasteiger partial charge in [0.25, 0.3) is 11.2 Å². The van der Waals surface area contributed by atoms with Gasteiger partial charge in [0.15, 0.2) is 5.65 Å². The summed E-state index contributed by atoms with van der Waals surface area (Å²) in [7, 11) is 1.78. The van der Waals surface area contributed by atoms with Gasteiger partial charge in [-0.15, -0.1) is 0 Å². The minimum atomic E-state index is -0.509. The number of hydrogen-bond donors (Lipinski definition) is 0. The van der Waals surface area contributed by atoms with Crippen LogP contribution in [0.1, 0.15) is 32.6 Å². The first-order chi connectivity index (χ1) is 14.9. The quantitative estimate of drug-likeness (QED) is 0.459. The zero-order valence-corrected chi connectivity index (χ0v) is 17.5. The molecule has 1 fully saturated rings. The minimum absolute atomic E-state index is 0.110. The van der Waals surface area contributed by atoms with Crippen LogP contribution in [0, 0.1) is 16.0 Å². The van der Waals surface area contributed by atoms with E-state index in [4.69, 9.17) is 0 Å². The summed E-state index contributed by atoms with van der Waals surface area (Å²) in [5, 5.41) is 15.7. The summed E-state index contributed by atoms with van der Waals surface area (Å²) in [5.74, 6) is 0.542. The van der Waals surface area contributed by atoms with Gasteiger partial charge in [0.05, 0.1) is 11.1 Å². The molecule has 0 spiro atoms. The number of benzene rings is 1. The van der Waals surface area contributed by atoms with E-state index in [2.05, 4.69) is 17.0 Å². The number of nitrogens with zero attached hydrogens (tertiary/aromatic N) is 6. The van der Waals surface area contributed by atoms with Crippen molar-refractivity contribution in [2.24, 2.45) is 5.92 Å². The lowest BCUT2D eigenvalue weighted by Gasteiger charge is -2.33. The van der Waals surface area contributed by atoms with Gasteiger partial charge in [0, 0.05) is 19.2 Å². The van der Waals surface area contributed by atoms with E-state index in [1.165, 1.54) is 27.8 Å². The van der Waals surface area contributed by atoms with Crippen LogP contribution in [-0.4, -0.2) is 48.2 Å². The Balaban J connectivity index is 1.61. The molecule has 31 heavy (non-hydrogen) atoms. The predicted molar refractivity (Wildman–Crippen MR) is 114 cm³/mol. The second kappa shape index (κ2) is 8.29. The summed E-state index contributed by atoms with van der Waals surface area (Å²) in [4.78, 5) is 42.6. The van der Waals surface area contributed by atoms with E-state index in [1.807, 2.05) is 0 Å². The number of carbonyl (C=O) groups is 1. The van der Waals surface area contributed by atoms with E-state index in [-0.39, 0.29) is 40.9 Å². The molecule has 0 aliphatic heterocycles. The fourth-order valence-corrected chi connectivity index (χ4v) is 4.13. The smallest absolute Gasteiger partial charge is 0.294 e. The van der Waals surface area contributed by atoms with Crippen LogP contribution in [0.4, 0.5) is 5.69 Å². The number of carbonyl (C=O) groups excluding carboxylic acids is 1. The third-order valence-electron chi connectivity index (χ3n) is 6.09.